The molecule has 1 aromatic carbocycles. The van der Waals surface area contributed by atoms with Crippen molar-refractivity contribution in [2.45, 2.75) is 56.3 Å². The number of carbonyl (C=O) groups is 1. The van der Waals surface area contributed by atoms with Crippen molar-refractivity contribution < 1.29 is 19.4 Å². The summed E-state index contributed by atoms with van der Waals surface area (Å²) in [5, 5.41) is 11.8. The molecule has 2 aliphatic carbocycles. The first-order valence-electron chi connectivity index (χ1n) is 8.70. The third-order valence-corrected chi connectivity index (χ3v) is 6.65. The summed E-state index contributed by atoms with van der Waals surface area (Å²) >= 11 is 0. The smallest absolute Gasteiger partial charge is 0.174 e. The minimum Gasteiger partial charge on any atom is -0.493 e. The van der Waals surface area contributed by atoms with Crippen LogP contribution in [-0.4, -0.2) is 54.2 Å². The van der Waals surface area contributed by atoms with Crippen LogP contribution in [0.2, 0.25) is 0 Å². The molecule has 0 spiro atoms. The Morgan fingerprint density at radius 3 is 2.88 bits per heavy atom. The van der Waals surface area contributed by atoms with Gasteiger partial charge in [-0.25, -0.2) is 0 Å². The van der Waals surface area contributed by atoms with Gasteiger partial charge in [-0.05, 0) is 45.0 Å². The first-order valence-corrected chi connectivity index (χ1v) is 8.70. The maximum Gasteiger partial charge on any atom is 0.174 e. The highest BCUT2D eigenvalue weighted by molar-refractivity contribution is 5.89. The van der Waals surface area contributed by atoms with Gasteiger partial charge in [-0.1, -0.05) is 13.0 Å². The Morgan fingerprint density at radius 1 is 1.46 bits per heavy atom. The van der Waals surface area contributed by atoms with Crippen LogP contribution in [0.15, 0.2) is 12.1 Å². The average molecular weight is 331 g/mol. The van der Waals surface area contributed by atoms with Crippen LogP contribution in [0.3, 0.4) is 0 Å². The van der Waals surface area contributed by atoms with Gasteiger partial charge in [-0.2, -0.15) is 0 Å². The molecule has 0 radical (unpaired) electrons. The second-order valence-electron chi connectivity index (χ2n) is 7.52. The van der Waals surface area contributed by atoms with Crippen LogP contribution in [0.5, 0.6) is 11.5 Å². The lowest BCUT2D eigenvalue weighted by atomic mass is 9.52. The molecule has 0 aromatic heterocycles. The zero-order valence-electron chi connectivity index (χ0n) is 14.8. The van der Waals surface area contributed by atoms with E-state index >= 15 is 0 Å². The first kappa shape index (κ1) is 15.9. The molecule has 0 amide bonds. The SMILES string of the molecule is CCN(C)C1Cc2ccc(OC)c3c2[C@@]2(C)[C@@H](O3)C(=O)CC[C@@]12O. The van der Waals surface area contributed by atoms with Crippen LogP contribution < -0.4 is 9.47 Å². The maximum atomic E-state index is 12.6. The molecule has 1 aromatic rings. The van der Waals surface area contributed by atoms with Crippen molar-refractivity contribution in [1.82, 2.24) is 4.90 Å². The van der Waals surface area contributed by atoms with Gasteiger partial charge in [0.1, 0.15) is 0 Å². The monoisotopic (exact) mass is 331 g/mol. The highest BCUT2D eigenvalue weighted by Gasteiger charge is 2.69. The lowest BCUT2D eigenvalue weighted by molar-refractivity contribution is -0.164. The molecule has 5 heteroatoms. The van der Waals surface area contributed by atoms with Gasteiger partial charge in [-0.3, -0.25) is 4.79 Å². The number of ketones is 1. The second-order valence-corrected chi connectivity index (χ2v) is 7.52. The fraction of sp³-hybridized carbons (Fsp3) is 0.632. The van der Waals surface area contributed by atoms with Crippen molar-refractivity contribution in [1.29, 1.82) is 0 Å². The van der Waals surface area contributed by atoms with Gasteiger partial charge >= 0.3 is 0 Å². The van der Waals surface area contributed by atoms with Gasteiger partial charge in [0.25, 0.3) is 0 Å². The fourth-order valence-electron chi connectivity index (χ4n) is 5.15. The summed E-state index contributed by atoms with van der Waals surface area (Å²) in [5.41, 5.74) is 0.415. The molecular weight excluding hydrogens is 306 g/mol. The largest absolute Gasteiger partial charge is 0.493 e. The zero-order chi connectivity index (χ0) is 17.3. The molecule has 1 fully saturated rings. The topological polar surface area (TPSA) is 59.0 Å². The van der Waals surface area contributed by atoms with E-state index in [0.29, 0.717) is 24.3 Å². The van der Waals surface area contributed by atoms with E-state index in [1.54, 1.807) is 7.11 Å². The zero-order valence-corrected chi connectivity index (χ0v) is 14.8. The highest BCUT2D eigenvalue weighted by Crippen LogP contribution is 2.61. The predicted octanol–water partition coefficient (Wildman–Crippen LogP) is 1.68. The number of benzene rings is 1. The summed E-state index contributed by atoms with van der Waals surface area (Å²) in [6.07, 6.45) is 0.964. The molecular formula is C19H25NO4. The number of aliphatic hydroxyl groups is 1. The van der Waals surface area contributed by atoms with Crippen molar-refractivity contribution in [2.24, 2.45) is 0 Å². The molecule has 1 aliphatic heterocycles. The molecule has 24 heavy (non-hydrogen) atoms. The van der Waals surface area contributed by atoms with Crippen LogP contribution in [0, 0.1) is 0 Å². The van der Waals surface area contributed by atoms with Gasteiger partial charge in [0.05, 0.1) is 18.1 Å². The van der Waals surface area contributed by atoms with E-state index in [4.69, 9.17) is 9.47 Å². The van der Waals surface area contributed by atoms with E-state index in [1.807, 2.05) is 20.0 Å². The minimum absolute atomic E-state index is 0.0291. The summed E-state index contributed by atoms with van der Waals surface area (Å²) in [4.78, 5) is 14.8. The Kier molecular flexibility index (Phi) is 3.29. The molecule has 1 heterocycles. The third-order valence-electron chi connectivity index (χ3n) is 6.65. The number of hydrogen-bond acceptors (Lipinski definition) is 5. The average Bonchev–Trinajstić information content (AvgIpc) is 2.91. The Balaban J connectivity index is 1.99. The van der Waals surface area contributed by atoms with Crippen molar-refractivity contribution in [3.63, 3.8) is 0 Å². The first-order chi connectivity index (χ1) is 11.4. The fourth-order valence-corrected chi connectivity index (χ4v) is 5.15. The summed E-state index contributed by atoms with van der Waals surface area (Å²) in [6.45, 7) is 4.94. The van der Waals surface area contributed by atoms with Gasteiger partial charge in [0.2, 0.25) is 0 Å². The minimum atomic E-state index is -0.985. The third kappa shape index (κ3) is 1.64. The van der Waals surface area contributed by atoms with Crippen LogP contribution >= 0.6 is 0 Å². The van der Waals surface area contributed by atoms with Gasteiger partial charge < -0.3 is 19.5 Å². The summed E-state index contributed by atoms with van der Waals surface area (Å²) in [6, 6.07) is 3.94. The number of carbonyl (C=O) groups excluding carboxylic acids is 1. The van der Waals surface area contributed by atoms with E-state index in [-0.39, 0.29) is 11.8 Å². The van der Waals surface area contributed by atoms with Crippen LogP contribution in [-0.2, 0) is 16.6 Å². The van der Waals surface area contributed by atoms with E-state index in [9.17, 15) is 9.90 Å². The van der Waals surface area contributed by atoms with E-state index < -0.39 is 17.1 Å². The van der Waals surface area contributed by atoms with Gasteiger partial charge in [-0.15, -0.1) is 0 Å². The van der Waals surface area contributed by atoms with Crippen molar-refractivity contribution in [2.75, 3.05) is 20.7 Å². The predicted molar refractivity (Wildman–Crippen MR) is 89.7 cm³/mol. The second kappa shape index (κ2) is 4.96. The number of ether oxygens (including phenoxy) is 2. The van der Waals surface area contributed by atoms with Crippen LogP contribution in [0.1, 0.15) is 37.8 Å². The Hall–Kier alpha value is -1.59. The summed E-state index contributed by atoms with van der Waals surface area (Å²) in [7, 11) is 3.65. The summed E-state index contributed by atoms with van der Waals surface area (Å²) < 4.78 is 11.6. The number of rotatable bonds is 3. The van der Waals surface area contributed by atoms with Crippen molar-refractivity contribution in [3.05, 3.63) is 23.3 Å². The van der Waals surface area contributed by atoms with E-state index in [2.05, 4.69) is 17.9 Å². The van der Waals surface area contributed by atoms with Crippen LogP contribution in [0.4, 0.5) is 0 Å². The lowest BCUT2D eigenvalue weighted by Gasteiger charge is -2.56. The number of nitrogens with zero attached hydrogens (tertiary/aromatic N) is 1. The van der Waals surface area contributed by atoms with Crippen molar-refractivity contribution in [3.8, 4) is 11.5 Å². The molecule has 5 nitrogen and oxygen atoms in total. The van der Waals surface area contributed by atoms with Crippen molar-refractivity contribution >= 4 is 5.78 Å². The molecule has 1 saturated carbocycles. The molecule has 4 atom stereocenters. The number of methoxy groups -OCH3 is 1. The Bertz CT molecular complexity index is 718. The maximum absolute atomic E-state index is 12.6. The Labute approximate surface area is 142 Å². The van der Waals surface area contributed by atoms with Gasteiger partial charge in [0, 0.05) is 18.0 Å². The molecule has 0 saturated heterocycles. The number of likely N-dealkylation sites (N-methyl/N-ethyl adjacent to an activating group) is 1. The molecule has 1 unspecified atom stereocenters. The highest BCUT2D eigenvalue weighted by atomic mass is 16.5. The number of Topliss-reactive ketones (excluding diaryl/α,β-unsaturated/α-hetero) is 1. The normalized spacial score (nSPS) is 36.5. The molecule has 3 aliphatic rings. The van der Waals surface area contributed by atoms with E-state index in [1.165, 1.54) is 0 Å². The lowest BCUT2D eigenvalue weighted by Crippen LogP contribution is -2.71. The molecule has 130 valence electrons. The van der Waals surface area contributed by atoms with E-state index in [0.717, 1.165) is 24.1 Å². The molecule has 1 N–H and O–H groups in total. The van der Waals surface area contributed by atoms with Crippen LogP contribution in [0.25, 0.3) is 0 Å². The summed E-state index contributed by atoms with van der Waals surface area (Å²) in [5.74, 6) is 1.36. The Morgan fingerprint density at radius 2 is 2.21 bits per heavy atom. The quantitative estimate of drug-likeness (QED) is 0.913. The molecule has 0 bridgehead atoms. The van der Waals surface area contributed by atoms with Gasteiger partial charge in [0.15, 0.2) is 23.4 Å². The number of hydrogen-bond donors (Lipinski definition) is 1. The molecule has 4 rings (SSSR count). The standard InChI is InChI=1S/C19H25NO4/c1-5-20(3)14-10-11-6-7-13(23-4)16-15(11)18(2)17(24-16)12(21)8-9-19(14,18)22/h6-7,14,17,22H,5,8-10H2,1-4H3/t14?,17-,18-,19+/m0/s1.